The number of alkyl carbamates (subject to hydrolysis) is 1. The molecule has 0 radical (unpaired) electrons. The number of carbonyl (C=O) groups is 3. The molecule has 144 valence electrons. The Labute approximate surface area is 149 Å². The number of aliphatic hydroxyl groups is 4. The van der Waals surface area contributed by atoms with Gasteiger partial charge in [0.2, 0.25) is 0 Å². The van der Waals surface area contributed by atoms with Gasteiger partial charge in [-0.2, -0.15) is 0 Å². The van der Waals surface area contributed by atoms with E-state index in [1.165, 1.54) is 0 Å². The van der Waals surface area contributed by atoms with Gasteiger partial charge in [-0.3, -0.25) is 4.79 Å². The minimum absolute atomic E-state index is 0.0163. The number of aldehydes is 1. The Bertz CT molecular complexity index is 580. The fourth-order valence-corrected chi connectivity index (χ4v) is 1.76. The first-order chi connectivity index (χ1) is 12.3. The molecule has 1 aromatic rings. The molecule has 10 nitrogen and oxygen atoms in total. The van der Waals surface area contributed by atoms with E-state index >= 15 is 0 Å². The third-order valence-corrected chi connectivity index (χ3v) is 3.24. The molecular formula is C16H21NO9. The SMILES string of the molecule is O=C[C@H](O)[C@@H](O)[C@@H](O)[C@H](O)COC(=O)CNC(=O)OCc1ccccc1. The summed E-state index contributed by atoms with van der Waals surface area (Å²) in [4.78, 5) is 33.2. The van der Waals surface area contributed by atoms with Crippen molar-refractivity contribution in [2.75, 3.05) is 13.2 Å². The zero-order chi connectivity index (χ0) is 19.5. The third kappa shape index (κ3) is 7.57. The molecule has 1 aromatic carbocycles. The summed E-state index contributed by atoms with van der Waals surface area (Å²) >= 11 is 0. The lowest BCUT2D eigenvalue weighted by atomic mass is 10.0. The Kier molecular flexibility index (Phi) is 9.23. The Balaban J connectivity index is 2.25. The molecule has 1 rings (SSSR count). The van der Waals surface area contributed by atoms with Gasteiger partial charge in [0, 0.05) is 0 Å². The lowest BCUT2D eigenvalue weighted by Crippen LogP contribution is -2.47. The van der Waals surface area contributed by atoms with Gasteiger partial charge in [0.05, 0.1) is 0 Å². The van der Waals surface area contributed by atoms with Crippen LogP contribution in [0.2, 0.25) is 0 Å². The van der Waals surface area contributed by atoms with E-state index in [0.29, 0.717) is 0 Å². The number of amides is 1. The van der Waals surface area contributed by atoms with Gasteiger partial charge in [0.25, 0.3) is 0 Å². The number of ether oxygens (including phenoxy) is 2. The predicted octanol–water partition coefficient (Wildman–Crippen LogP) is -1.90. The lowest BCUT2D eigenvalue weighted by molar-refractivity contribution is -0.155. The molecule has 0 heterocycles. The van der Waals surface area contributed by atoms with Gasteiger partial charge < -0.3 is 40.0 Å². The average molecular weight is 371 g/mol. The Hall–Kier alpha value is -2.53. The maximum Gasteiger partial charge on any atom is 0.407 e. The molecule has 0 saturated carbocycles. The maximum atomic E-state index is 11.5. The first-order valence-electron chi connectivity index (χ1n) is 7.63. The van der Waals surface area contributed by atoms with Crippen molar-refractivity contribution in [3.63, 3.8) is 0 Å². The van der Waals surface area contributed by atoms with Crippen molar-refractivity contribution in [3.8, 4) is 0 Å². The number of rotatable bonds is 10. The fraction of sp³-hybridized carbons (Fsp3) is 0.438. The molecule has 0 fully saturated rings. The molecule has 0 aromatic heterocycles. The molecule has 0 aliphatic rings. The van der Waals surface area contributed by atoms with Gasteiger partial charge in [0.1, 0.15) is 44.2 Å². The molecular weight excluding hydrogens is 350 g/mol. The first kappa shape index (κ1) is 21.5. The van der Waals surface area contributed by atoms with Crippen LogP contribution in [0.3, 0.4) is 0 Å². The highest BCUT2D eigenvalue weighted by Gasteiger charge is 2.30. The van der Waals surface area contributed by atoms with Crippen LogP contribution in [0.15, 0.2) is 30.3 Å². The van der Waals surface area contributed by atoms with Gasteiger partial charge in [-0.25, -0.2) is 4.79 Å². The number of carbonyl (C=O) groups excluding carboxylic acids is 3. The monoisotopic (exact) mass is 371 g/mol. The number of benzene rings is 1. The van der Waals surface area contributed by atoms with Gasteiger partial charge in [0.15, 0.2) is 6.29 Å². The van der Waals surface area contributed by atoms with Crippen LogP contribution in [-0.4, -0.2) is 76.3 Å². The second-order valence-electron chi connectivity index (χ2n) is 5.27. The Morgan fingerprint density at radius 2 is 1.69 bits per heavy atom. The summed E-state index contributed by atoms with van der Waals surface area (Å²) in [6.45, 7) is -1.25. The first-order valence-corrected chi connectivity index (χ1v) is 7.63. The standard InChI is InChI=1S/C16H21NO9/c18-7-11(19)14(22)15(23)12(20)9-25-13(21)6-17-16(24)26-8-10-4-2-1-3-5-10/h1-5,7,11-12,14-15,19-20,22-23H,6,8-9H2,(H,17,24)/t11-,12+,14+,15-/m0/s1. The average Bonchev–Trinajstić information content (AvgIpc) is 2.67. The topological polar surface area (TPSA) is 163 Å². The number of aliphatic hydroxyl groups excluding tert-OH is 4. The third-order valence-electron chi connectivity index (χ3n) is 3.24. The molecule has 10 heteroatoms. The van der Waals surface area contributed by atoms with Crippen LogP contribution >= 0.6 is 0 Å². The molecule has 1 amide bonds. The van der Waals surface area contributed by atoms with E-state index in [1.807, 2.05) is 6.07 Å². The zero-order valence-corrected chi connectivity index (χ0v) is 13.7. The van der Waals surface area contributed by atoms with Crippen molar-refractivity contribution in [1.82, 2.24) is 5.32 Å². The summed E-state index contributed by atoms with van der Waals surface area (Å²) in [5.74, 6) is -0.932. The highest BCUT2D eigenvalue weighted by Crippen LogP contribution is 2.05. The molecule has 0 aliphatic carbocycles. The highest BCUT2D eigenvalue weighted by atomic mass is 16.6. The van der Waals surface area contributed by atoms with E-state index < -0.39 is 49.6 Å². The van der Waals surface area contributed by atoms with Gasteiger partial charge in [-0.15, -0.1) is 0 Å². The van der Waals surface area contributed by atoms with E-state index in [9.17, 15) is 29.7 Å². The van der Waals surface area contributed by atoms with Crippen LogP contribution in [0.4, 0.5) is 4.79 Å². The summed E-state index contributed by atoms with van der Waals surface area (Å²) in [6.07, 6.45) is -8.35. The number of nitrogens with one attached hydrogen (secondary N) is 1. The fourth-order valence-electron chi connectivity index (χ4n) is 1.76. The summed E-state index contributed by atoms with van der Waals surface area (Å²) in [7, 11) is 0. The Morgan fingerprint density at radius 3 is 2.31 bits per heavy atom. The van der Waals surface area contributed by atoms with Crippen LogP contribution in [0, 0.1) is 0 Å². The summed E-state index contributed by atoms with van der Waals surface area (Å²) in [6, 6.07) is 8.87. The van der Waals surface area contributed by atoms with Gasteiger partial charge in [-0.05, 0) is 5.56 Å². The van der Waals surface area contributed by atoms with Crippen LogP contribution in [0.1, 0.15) is 5.56 Å². The molecule has 26 heavy (non-hydrogen) atoms. The van der Waals surface area contributed by atoms with Crippen molar-refractivity contribution in [2.45, 2.75) is 31.0 Å². The van der Waals surface area contributed by atoms with E-state index in [0.717, 1.165) is 5.56 Å². The van der Waals surface area contributed by atoms with Crippen molar-refractivity contribution in [3.05, 3.63) is 35.9 Å². The van der Waals surface area contributed by atoms with Crippen LogP contribution in [0.5, 0.6) is 0 Å². The quantitative estimate of drug-likeness (QED) is 0.233. The second kappa shape index (κ2) is 11.2. The normalized spacial score (nSPS) is 15.2. The largest absolute Gasteiger partial charge is 0.462 e. The van der Waals surface area contributed by atoms with E-state index in [2.05, 4.69) is 10.1 Å². The maximum absolute atomic E-state index is 11.5. The number of hydrogen-bond donors (Lipinski definition) is 5. The van der Waals surface area contributed by atoms with Crippen molar-refractivity contribution < 1.29 is 44.3 Å². The molecule has 5 N–H and O–H groups in total. The van der Waals surface area contributed by atoms with Crippen LogP contribution < -0.4 is 5.32 Å². The summed E-state index contributed by atoms with van der Waals surface area (Å²) < 4.78 is 9.47. The number of esters is 1. The van der Waals surface area contributed by atoms with Crippen molar-refractivity contribution in [1.29, 1.82) is 0 Å². The highest BCUT2D eigenvalue weighted by molar-refractivity contribution is 5.77. The molecule has 0 spiro atoms. The summed E-state index contributed by atoms with van der Waals surface area (Å²) in [5, 5.41) is 39.6. The molecule has 4 atom stereocenters. The molecule has 0 bridgehead atoms. The van der Waals surface area contributed by atoms with Crippen LogP contribution in [0.25, 0.3) is 0 Å². The minimum atomic E-state index is -1.94. The van der Waals surface area contributed by atoms with Crippen LogP contribution in [-0.2, 0) is 25.7 Å². The predicted molar refractivity (Wildman–Crippen MR) is 85.7 cm³/mol. The van der Waals surface area contributed by atoms with Crippen molar-refractivity contribution in [2.24, 2.45) is 0 Å². The number of hydrogen-bond acceptors (Lipinski definition) is 9. The van der Waals surface area contributed by atoms with E-state index in [-0.39, 0.29) is 12.9 Å². The van der Waals surface area contributed by atoms with E-state index in [4.69, 9.17) is 9.84 Å². The van der Waals surface area contributed by atoms with Gasteiger partial charge >= 0.3 is 12.1 Å². The zero-order valence-electron chi connectivity index (χ0n) is 13.7. The molecule has 0 saturated heterocycles. The Morgan fingerprint density at radius 1 is 1.04 bits per heavy atom. The minimum Gasteiger partial charge on any atom is -0.462 e. The molecule has 0 unspecified atom stereocenters. The van der Waals surface area contributed by atoms with Crippen molar-refractivity contribution >= 4 is 18.3 Å². The smallest absolute Gasteiger partial charge is 0.407 e. The lowest BCUT2D eigenvalue weighted by Gasteiger charge is -2.23. The molecule has 0 aliphatic heterocycles. The van der Waals surface area contributed by atoms with Gasteiger partial charge in [-0.1, -0.05) is 30.3 Å². The summed E-state index contributed by atoms with van der Waals surface area (Å²) in [5.41, 5.74) is 0.762. The van der Waals surface area contributed by atoms with E-state index in [1.54, 1.807) is 24.3 Å². The second-order valence-corrected chi connectivity index (χ2v) is 5.27.